The van der Waals surface area contributed by atoms with Crippen molar-refractivity contribution in [1.82, 2.24) is 15.3 Å². The standard InChI is InChI=1S/C12H15N5OS/c1-13-12-16-10(8-4-5-19-11(8)17-12)14-6-7-2-3-9(18)15-7/h4-5,7H,2-3,6H2,1H3,(H,15,18)(H2,13,14,16,17). The van der Waals surface area contributed by atoms with Gasteiger partial charge in [-0.15, -0.1) is 11.3 Å². The molecular weight excluding hydrogens is 262 g/mol. The molecular formula is C12H15N5OS. The summed E-state index contributed by atoms with van der Waals surface area (Å²) in [4.78, 5) is 20.9. The summed E-state index contributed by atoms with van der Waals surface area (Å²) >= 11 is 1.59. The van der Waals surface area contributed by atoms with Crippen LogP contribution in [0.2, 0.25) is 0 Å². The van der Waals surface area contributed by atoms with E-state index in [9.17, 15) is 4.79 Å². The van der Waals surface area contributed by atoms with Gasteiger partial charge in [0.1, 0.15) is 10.6 Å². The van der Waals surface area contributed by atoms with Crippen LogP contribution >= 0.6 is 11.3 Å². The van der Waals surface area contributed by atoms with Gasteiger partial charge in [-0.2, -0.15) is 4.98 Å². The molecule has 1 aliphatic rings. The van der Waals surface area contributed by atoms with Gasteiger partial charge in [0.25, 0.3) is 0 Å². The summed E-state index contributed by atoms with van der Waals surface area (Å²) in [5.41, 5.74) is 0. The van der Waals surface area contributed by atoms with Gasteiger partial charge in [-0.1, -0.05) is 0 Å². The molecule has 0 aliphatic carbocycles. The molecule has 0 aromatic carbocycles. The van der Waals surface area contributed by atoms with E-state index >= 15 is 0 Å². The summed E-state index contributed by atoms with van der Waals surface area (Å²) in [6, 6.07) is 2.20. The van der Waals surface area contributed by atoms with Crippen LogP contribution in [0.3, 0.4) is 0 Å². The van der Waals surface area contributed by atoms with Gasteiger partial charge in [-0.25, -0.2) is 4.98 Å². The minimum Gasteiger partial charge on any atom is -0.367 e. The molecule has 3 rings (SSSR count). The summed E-state index contributed by atoms with van der Waals surface area (Å²) in [7, 11) is 1.80. The van der Waals surface area contributed by atoms with Gasteiger partial charge in [-0.05, 0) is 17.9 Å². The predicted molar refractivity (Wildman–Crippen MR) is 76.6 cm³/mol. The normalized spacial score (nSPS) is 18.6. The van der Waals surface area contributed by atoms with Crippen molar-refractivity contribution >= 4 is 39.2 Å². The number of amides is 1. The zero-order chi connectivity index (χ0) is 13.2. The second-order valence-corrected chi connectivity index (χ2v) is 5.36. The largest absolute Gasteiger partial charge is 0.367 e. The van der Waals surface area contributed by atoms with Gasteiger partial charge < -0.3 is 16.0 Å². The number of fused-ring (bicyclic) bond motifs is 1. The van der Waals surface area contributed by atoms with Crippen LogP contribution in [0, 0.1) is 0 Å². The van der Waals surface area contributed by atoms with Crippen LogP contribution < -0.4 is 16.0 Å². The molecule has 7 heteroatoms. The highest BCUT2D eigenvalue weighted by Gasteiger charge is 2.20. The SMILES string of the molecule is CNc1nc(NCC2CCC(=O)N2)c2ccsc2n1. The molecule has 1 fully saturated rings. The van der Waals surface area contributed by atoms with Crippen LogP contribution in [-0.2, 0) is 4.79 Å². The maximum Gasteiger partial charge on any atom is 0.225 e. The molecule has 2 aromatic heterocycles. The molecule has 1 saturated heterocycles. The molecule has 1 unspecified atom stereocenters. The minimum absolute atomic E-state index is 0.131. The molecule has 1 atom stereocenters. The van der Waals surface area contributed by atoms with Crippen molar-refractivity contribution in [2.75, 3.05) is 24.2 Å². The average Bonchev–Trinajstić information content (AvgIpc) is 3.04. The summed E-state index contributed by atoms with van der Waals surface area (Å²) in [5, 5.41) is 12.2. The number of rotatable bonds is 4. The molecule has 100 valence electrons. The Morgan fingerprint density at radius 2 is 2.42 bits per heavy atom. The Labute approximate surface area is 114 Å². The number of anilines is 2. The van der Waals surface area contributed by atoms with Gasteiger partial charge in [-0.3, -0.25) is 4.79 Å². The fourth-order valence-electron chi connectivity index (χ4n) is 2.15. The Morgan fingerprint density at radius 1 is 1.53 bits per heavy atom. The third-order valence-corrected chi connectivity index (χ3v) is 3.96. The lowest BCUT2D eigenvalue weighted by Gasteiger charge is -2.13. The second kappa shape index (κ2) is 5.00. The highest BCUT2D eigenvalue weighted by Crippen LogP contribution is 2.26. The quantitative estimate of drug-likeness (QED) is 0.788. The molecule has 1 amide bonds. The van der Waals surface area contributed by atoms with Gasteiger partial charge >= 0.3 is 0 Å². The van der Waals surface area contributed by atoms with E-state index in [0.29, 0.717) is 18.9 Å². The molecule has 2 aromatic rings. The topological polar surface area (TPSA) is 78.9 Å². The highest BCUT2D eigenvalue weighted by molar-refractivity contribution is 7.16. The summed E-state index contributed by atoms with van der Waals surface area (Å²) < 4.78 is 0. The predicted octanol–water partition coefficient (Wildman–Crippen LogP) is 1.42. The van der Waals surface area contributed by atoms with E-state index in [0.717, 1.165) is 22.5 Å². The van der Waals surface area contributed by atoms with Crippen molar-refractivity contribution in [3.8, 4) is 0 Å². The molecule has 19 heavy (non-hydrogen) atoms. The smallest absolute Gasteiger partial charge is 0.225 e. The first-order valence-corrected chi connectivity index (χ1v) is 7.10. The van der Waals surface area contributed by atoms with Crippen LogP contribution in [0.1, 0.15) is 12.8 Å². The first kappa shape index (κ1) is 12.2. The molecule has 3 heterocycles. The number of carbonyl (C=O) groups excluding carboxylic acids is 1. The Morgan fingerprint density at radius 3 is 3.16 bits per heavy atom. The van der Waals surface area contributed by atoms with E-state index in [1.165, 1.54) is 0 Å². The Balaban J connectivity index is 1.79. The van der Waals surface area contributed by atoms with Crippen molar-refractivity contribution in [3.63, 3.8) is 0 Å². The molecule has 3 N–H and O–H groups in total. The van der Waals surface area contributed by atoms with Crippen LogP contribution in [-0.4, -0.2) is 35.5 Å². The number of nitrogens with one attached hydrogen (secondary N) is 3. The fraction of sp³-hybridized carbons (Fsp3) is 0.417. The summed E-state index contributed by atoms with van der Waals surface area (Å²) in [5.74, 6) is 1.55. The number of nitrogens with zero attached hydrogens (tertiary/aromatic N) is 2. The highest BCUT2D eigenvalue weighted by atomic mass is 32.1. The lowest BCUT2D eigenvalue weighted by molar-refractivity contribution is -0.119. The third kappa shape index (κ3) is 2.46. The second-order valence-electron chi connectivity index (χ2n) is 4.47. The number of hydrogen-bond acceptors (Lipinski definition) is 6. The Kier molecular flexibility index (Phi) is 3.20. The first-order chi connectivity index (χ1) is 9.26. The number of carbonyl (C=O) groups is 1. The summed E-state index contributed by atoms with van der Waals surface area (Å²) in [6.45, 7) is 0.691. The zero-order valence-corrected chi connectivity index (χ0v) is 11.4. The molecule has 0 radical (unpaired) electrons. The van der Waals surface area contributed by atoms with Crippen LogP contribution in [0.15, 0.2) is 11.4 Å². The Bertz CT molecular complexity index is 611. The lowest BCUT2D eigenvalue weighted by Crippen LogP contribution is -2.32. The van der Waals surface area contributed by atoms with E-state index in [2.05, 4.69) is 25.9 Å². The molecule has 6 nitrogen and oxygen atoms in total. The van der Waals surface area contributed by atoms with E-state index in [-0.39, 0.29) is 11.9 Å². The molecule has 0 spiro atoms. The van der Waals surface area contributed by atoms with Gasteiger partial charge in [0.05, 0.1) is 5.39 Å². The van der Waals surface area contributed by atoms with Gasteiger partial charge in [0, 0.05) is 26.1 Å². The number of aromatic nitrogens is 2. The van der Waals surface area contributed by atoms with Crippen LogP contribution in [0.25, 0.3) is 10.2 Å². The van der Waals surface area contributed by atoms with Gasteiger partial charge in [0.2, 0.25) is 11.9 Å². The number of thiophene rings is 1. The van der Waals surface area contributed by atoms with E-state index < -0.39 is 0 Å². The van der Waals surface area contributed by atoms with Crippen molar-refractivity contribution in [2.24, 2.45) is 0 Å². The number of hydrogen-bond donors (Lipinski definition) is 3. The van der Waals surface area contributed by atoms with Crippen LogP contribution in [0.4, 0.5) is 11.8 Å². The minimum atomic E-state index is 0.131. The fourth-order valence-corrected chi connectivity index (χ4v) is 2.92. The molecule has 0 saturated carbocycles. The monoisotopic (exact) mass is 277 g/mol. The van der Waals surface area contributed by atoms with Gasteiger partial charge in [0.15, 0.2) is 0 Å². The third-order valence-electron chi connectivity index (χ3n) is 3.15. The van der Waals surface area contributed by atoms with E-state index in [1.807, 2.05) is 11.4 Å². The zero-order valence-electron chi connectivity index (χ0n) is 10.6. The maximum absolute atomic E-state index is 11.2. The van der Waals surface area contributed by atoms with Crippen molar-refractivity contribution in [1.29, 1.82) is 0 Å². The summed E-state index contributed by atoms with van der Waals surface area (Å²) in [6.07, 6.45) is 1.49. The van der Waals surface area contributed by atoms with E-state index in [4.69, 9.17) is 0 Å². The average molecular weight is 277 g/mol. The Hall–Kier alpha value is -1.89. The van der Waals surface area contributed by atoms with Crippen molar-refractivity contribution in [3.05, 3.63) is 11.4 Å². The molecule has 0 bridgehead atoms. The lowest BCUT2D eigenvalue weighted by atomic mass is 10.2. The van der Waals surface area contributed by atoms with Crippen molar-refractivity contribution < 1.29 is 4.79 Å². The van der Waals surface area contributed by atoms with E-state index in [1.54, 1.807) is 18.4 Å². The van der Waals surface area contributed by atoms with Crippen LogP contribution in [0.5, 0.6) is 0 Å². The maximum atomic E-state index is 11.2. The first-order valence-electron chi connectivity index (χ1n) is 6.22. The van der Waals surface area contributed by atoms with Crippen molar-refractivity contribution in [2.45, 2.75) is 18.9 Å². The molecule has 1 aliphatic heterocycles.